The van der Waals surface area contributed by atoms with Gasteiger partial charge in [0.15, 0.2) is 5.82 Å². The minimum Gasteiger partial charge on any atom is -0.497 e. The third-order valence-corrected chi connectivity index (χ3v) is 5.76. The van der Waals surface area contributed by atoms with Gasteiger partial charge in [0.25, 0.3) is 0 Å². The summed E-state index contributed by atoms with van der Waals surface area (Å²) in [6, 6.07) is 18.7. The summed E-state index contributed by atoms with van der Waals surface area (Å²) < 4.78 is 10.9. The molecule has 1 saturated carbocycles. The molecular formula is C24H29N3O3. The Labute approximate surface area is 177 Å². The second-order valence-electron chi connectivity index (χ2n) is 7.99. The number of nitrogens with zero attached hydrogens (tertiary/aromatic N) is 3. The zero-order valence-corrected chi connectivity index (χ0v) is 17.4. The average Bonchev–Trinajstić information content (AvgIpc) is 3.21. The van der Waals surface area contributed by atoms with E-state index in [9.17, 15) is 5.11 Å². The molecule has 30 heavy (non-hydrogen) atoms. The van der Waals surface area contributed by atoms with Crippen LogP contribution < -0.4 is 4.74 Å². The topological polar surface area (TPSA) is 71.6 Å². The van der Waals surface area contributed by atoms with Crippen LogP contribution in [0.25, 0.3) is 0 Å². The molecule has 4 rings (SSSR count). The number of ether oxygens (including phenoxy) is 1. The number of aromatic nitrogens is 2. The van der Waals surface area contributed by atoms with E-state index in [1.165, 1.54) is 5.56 Å². The molecule has 0 spiro atoms. The average molecular weight is 408 g/mol. The molecule has 1 fully saturated rings. The molecule has 0 unspecified atom stereocenters. The number of hydrogen-bond donors (Lipinski definition) is 1. The Hall–Kier alpha value is -2.70. The van der Waals surface area contributed by atoms with Crippen molar-refractivity contribution in [2.45, 2.75) is 57.3 Å². The molecule has 6 heteroatoms. The summed E-state index contributed by atoms with van der Waals surface area (Å²) in [5, 5.41) is 14.2. The predicted molar refractivity (Wildman–Crippen MR) is 114 cm³/mol. The first-order valence-electron chi connectivity index (χ1n) is 10.6. The first kappa shape index (κ1) is 20.6. The number of benzene rings is 2. The number of rotatable bonds is 8. The Kier molecular flexibility index (Phi) is 6.77. The fourth-order valence-corrected chi connectivity index (χ4v) is 4.12. The van der Waals surface area contributed by atoms with Crippen LogP contribution in [-0.2, 0) is 19.5 Å². The van der Waals surface area contributed by atoms with Crippen molar-refractivity contribution in [1.29, 1.82) is 0 Å². The van der Waals surface area contributed by atoms with Gasteiger partial charge < -0.3 is 14.4 Å². The second kappa shape index (κ2) is 9.87. The molecule has 1 aromatic heterocycles. The Morgan fingerprint density at radius 2 is 1.77 bits per heavy atom. The van der Waals surface area contributed by atoms with Crippen LogP contribution in [0.4, 0.5) is 0 Å². The van der Waals surface area contributed by atoms with Crippen molar-refractivity contribution >= 4 is 0 Å². The zero-order chi connectivity index (χ0) is 20.8. The van der Waals surface area contributed by atoms with Gasteiger partial charge in [0, 0.05) is 12.6 Å². The minimum atomic E-state index is -0.178. The highest BCUT2D eigenvalue weighted by Gasteiger charge is 2.26. The van der Waals surface area contributed by atoms with E-state index in [-0.39, 0.29) is 6.10 Å². The molecule has 3 aromatic rings. The van der Waals surface area contributed by atoms with Crippen molar-refractivity contribution in [3.63, 3.8) is 0 Å². The van der Waals surface area contributed by atoms with E-state index in [0.717, 1.165) is 43.5 Å². The lowest BCUT2D eigenvalue weighted by atomic mass is 9.91. The van der Waals surface area contributed by atoms with E-state index < -0.39 is 0 Å². The first-order chi connectivity index (χ1) is 14.7. The smallest absolute Gasteiger partial charge is 0.231 e. The number of hydrogen-bond acceptors (Lipinski definition) is 6. The molecule has 1 aliphatic carbocycles. The first-order valence-corrected chi connectivity index (χ1v) is 10.6. The van der Waals surface area contributed by atoms with Gasteiger partial charge in [-0.3, -0.25) is 4.90 Å². The van der Waals surface area contributed by atoms with Gasteiger partial charge in [-0.2, -0.15) is 4.98 Å². The Morgan fingerprint density at radius 1 is 1.00 bits per heavy atom. The third-order valence-electron chi connectivity index (χ3n) is 5.76. The Morgan fingerprint density at radius 3 is 2.53 bits per heavy atom. The molecule has 1 aliphatic rings. The van der Waals surface area contributed by atoms with Gasteiger partial charge >= 0.3 is 0 Å². The monoisotopic (exact) mass is 407 g/mol. The van der Waals surface area contributed by atoms with Crippen molar-refractivity contribution in [3.8, 4) is 5.75 Å². The van der Waals surface area contributed by atoms with Gasteiger partial charge in [0.1, 0.15) is 5.75 Å². The molecule has 0 radical (unpaired) electrons. The molecule has 2 aromatic carbocycles. The third kappa shape index (κ3) is 5.46. The second-order valence-corrected chi connectivity index (χ2v) is 7.99. The largest absolute Gasteiger partial charge is 0.497 e. The van der Waals surface area contributed by atoms with E-state index in [4.69, 9.17) is 9.26 Å². The fraction of sp³-hybridized carbons (Fsp3) is 0.417. The van der Waals surface area contributed by atoms with Gasteiger partial charge in [0.2, 0.25) is 5.89 Å². The van der Waals surface area contributed by atoms with E-state index in [1.807, 2.05) is 30.3 Å². The van der Waals surface area contributed by atoms with Crippen molar-refractivity contribution in [2.75, 3.05) is 7.11 Å². The summed E-state index contributed by atoms with van der Waals surface area (Å²) in [5.74, 6) is 2.20. The molecule has 6 nitrogen and oxygen atoms in total. The highest BCUT2D eigenvalue weighted by Crippen LogP contribution is 2.26. The van der Waals surface area contributed by atoms with Gasteiger partial charge in [-0.15, -0.1) is 0 Å². The van der Waals surface area contributed by atoms with Crippen LogP contribution in [0, 0.1) is 0 Å². The number of aliphatic hydroxyl groups excluding tert-OH is 1. The lowest BCUT2D eigenvalue weighted by molar-refractivity contribution is 0.0649. The van der Waals surface area contributed by atoms with Crippen LogP contribution in [0.2, 0.25) is 0 Å². The molecule has 0 bridgehead atoms. The number of methoxy groups -OCH3 is 1. The molecule has 1 N–H and O–H groups in total. The van der Waals surface area contributed by atoms with Gasteiger partial charge in [-0.1, -0.05) is 47.6 Å². The highest BCUT2D eigenvalue weighted by atomic mass is 16.5. The fourth-order valence-electron chi connectivity index (χ4n) is 4.12. The van der Waals surface area contributed by atoms with E-state index in [0.29, 0.717) is 30.7 Å². The van der Waals surface area contributed by atoms with E-state index >= 15 is 0 Å². The van der Waals surface area contributed by atoms with Crippen molar-refractivity contribution in [3.05, 3.63) is 77.4 Å². The maximum atomic E-state index is 9.93. The highest BCUT2D eigenvalue weighted by molar-refractivity contribution is 5.28. The van der Waals surface area contributed by atoms with Crippen LogP contribution in [0.5, 0.6) is 5.75 Å². The Balaban J connectivity index is 1.48. The minimum absolute atomic E-state index is 0.178. The van der Waals surface area contributed by atoms with Crippen LogP contribution >= 0.6 is 0 Å². The zero-order valence-electron chi connectivity index (χ0n) is 17.4. The summed E-state index contributed by atoms with van der Waals surface area (Å²) in [5.41, 5.74) is 2.34. The summed E-state index contributed by atoms with van der Waals surface area (Å²) >= 11 is 0. The predicted octanol–water partition coefficient (Wildman–Crippen LogP) is 3.97. The van der Waals surface area contributed by atoms with E-state index in [1.54, 1.807) is 7.11 Å². The van der Waals surface area contributed by atoms with Crippen LogP contribution in [0.1, 0.15) is 48.5 Å². The number of aliphatic hydroxyl groups is 1. The van der Waals surface area contributed by atoms with E-state index in [2.05, 4.69) is 39.3 Å². The molecular weight excluding hydrogens is 378 g/mol. The molecule has 158 valence electrons. The molecule has 0 saturated heterocycles. The van der Waals surface area contributed by atoms with Gasteiger partial charge in [0.05, 0.1) is 26.2 Å². The maximum Gasteiger partial charge on any atom is 0.231 e. The lowest BCUT2D eigenvalue weighted by Crippen LogP contribution is -2.38. The molecule has 0 aliphatic heterocycles. The lowest BCUT2D eigenvalue weighted by Gasteiger charge is -2.35. The summed E-state index contributed by atoms with van der Waals surface area (Å²) in [6.45, 7) is 1.40. The summed E-state index contributed by atoms with van der Waals surface area (Å²) in [6.07, 6.45) is 4.08. The SMILES string of the molecule is COc1cccc(CN(Cc2noc(Cc3ccccc3)n2)C2CCC(O)CC2)c1. The summed E-state index contributed by atoms with van der Waals surface area (Å²) in [4.78, 5) is 7.04. The van der Waals surface area contributed by atoms with Crippen LogP contribution in [0.15, 0.2) is 59.1 Å². The molecule has 0 amide bonds. The normalized spacial score (nSPS) is 19.2. The maximum absolute atomic E-state index is 9.93. The van der Waals surface area contributed by atoms with Crippen molar-refractivity contribution in [2.24, 2.45) is 0 Å². The quantitative estimate of drug-likeness (QED) is 0.609. The summed E-state index contributed by atoms with van der Waals surface area (Å²) in [7, 11) is 1.69. The van der Waals surface area contributed by atoms with Crippen LogP contribution in [-0.4, -0.2) is 39.4 Å². The van der Waals surface area contributed by atoms with Gasteiger partial charge in [-0.05, 0) is 48.9 Å². The Bertz CT molecular complexity index is 920. The molecule has 0 atom stereocenters. The van der Waals surface area contributed by atoms with Crippen LogP contribution in [0.3, 0.4) is 0 Å². The van der Waals surface area contributed by atoms with Gasteiger partial charge in [-0.25, -0.2) is 0 Å². The van der Waals surface area contributed by atoms with Crippen molar-refractivity contribution < 1.29 is 14.4 Å². The van der Waals surface area contributed by atoms with Crippen molar-refractivity contribution in [1.82, 2.24) is 15.0 Å². The standard InChI is InChI=1S/C24H29N3O3/c1-29-22-9-5-8-19(14-22)16-27(20-10-12-21(28)13-11-20)17-23-25-24(30-26-23)15-18-6-3-2-4-7-18/h2-9,14,20-21,28H,10-13,15-17H2,1H3. The molecule has 1 heterocycles.